The number of aromatic nitrogens is 3. The molecule has 0 aliphatic carbocycles. The minimum atomic E-state index is -0.567. The maximum atomic E-state index is 13.4. The molecule has 0 amide bonds. The molecule has 0 spiro atoms. The van der Waals surface area contributed by atoms with Gasteiger partial charge in [0.15, 0.2) is 0 Å². The molecular weight excluding hydrogens is 297 g/mol. The zero-order chi connectivity index (χ0) is 15.4. The van der Waals surface area contributed by atoms with Crippen LogP contribution in [0.5, 0.6) is 11.8 Å². The van der Waals surface area contributed by atoms with Gasteiger partial charge in [0.05, 0.1) is 5.02 Å². The molecule has 0 unspecified atom stereocenters. The monoisotopic (exact) mass is 311 g/mol. The van der Waals surface area contributed by atoms with Crippen LogP contribution in [0.3, 0.4) is 0 Å². The van der Waals surface area contributed by atoms with Crippen LogP contribution in [-0.2, 0) is 0 Å². The first kappa shape index (κ1) is 15.2. The molecular formula is C13H15ClFN5O. The van der Waals surface area contributed by atoms with Crippen molar-refractivity contribution in [1.82, 2.24) is 15.0 Å². The van der Waals surface area contributed by atoms with Gasteiger partial charge in [-0.05, 0) is 19.1 Å². The van der Waals surface area contributed by atoms with Crippen LogP contribution >= 0.6 is 11.6 Å². The van der Waals surface area contributed by atoms with E-state index in [2.05, 4.69) is 20.3 Å². The number of hydrogen-bond acceptors (Lipinski definition) is 6. The largest absolute Gasteiger partial charge is 0.424 e. The van der Waals surface area contributed by atoms with E-state index < -0.39 is 5.82 Å². The van der Waals surface area contributed by atoms with E-state index in [1.54, 1.807) is 19.0 Å². The van der Waals surface area contributed by atoms with E-state index in [-0.39, 0.29) is 16.8 Å². The van der Waals surface area contributed by atoms with Crippen LogP contribution in [-0.4, -0.2) is 35.6 Å². The van der Waals surface area contributed by atoms with E-state index in [9.17, 15) is 4.39 Å². The molecule has 2 rings (SSSR count). The van der Waals surface area contributed by atoms with Crippen molar-refractivity contribution in [1.29, 1.82) is 0 Å². The zero-order valence-electron chi connectivity index (χ0n) is 11.9. The Morgan fingerprint density at radius 2 is 2.05 bits per heavy atom. The number of halogens is 2. The van der Waals surface area contributed by atoms with Crippen molar-refractivity contribution < 1.29 is 9.13 Å². The summed E-state index contributed by atoms with van der Waals surface area (Å²) in [4.78, 5) is 14.2. The minimum absolute atomic E-state index is 0.0281. The summed E-state index contributed by atoms with van der Waals surface area (Å²) in [6.07, 6.45) is 0. The first-order chi connectivity index (χ1) is 9.99. The lowest BCUT2D eigenvalue weighted by atomic mass is 10.3. The Morgan fingerprint density at radius 1 is 1.29 bits per heavy atom. The molecule has 8 heteroatoms. The van der Waals surface area contributed by atoms with E-state index in [0.29, 0.717) is 18.4 Å². The van der Waals surface area contributed by atoms with Crippen molar-refractivity contribution >= 4 is 23.5 Å². The van der Waals surface area contributed by atoms with Gasteiger partial charge in [0.25, 0.3) is 0 Å². The van der Waals surface area contributed by atoms with E-state index in [1.165, 1.54) is 18.2 Å². The smallest absolute Gasteiger partial charge is 0.328 e. The first-order valence-electron chi connectivity index (χ1n) is 6.29. The Balaban J connectivity index is 2.31. The van der Waals surface area contributed by atoms with Crippen LogP contribution in [0.15, 0.2) is 18.2 Å². The summed E-state index contributed by atoms with van der Waals surface area (Å²) in [5.74, 6) is 0.518. The quantitative estimate of drug-likeness (QED) is 0.916. The van der Waals surface area contributed by atoms with Gasteiger partial charge in [-0.1, -0.05) is 11.6 Å². The van der Waals surface area contributed by atoms with Crippen LogP contribution in [0.1, 0.15) is 6.92 Å². The summed E-state index contributed by atoms with van der Waals surface area (Å²) in [7, 11) is 3.60. The third kappa shape index (κ3) is 3.91. The average molecular weight is 312 g/mol. The van der Waals surface area contributed by atoms with Crippen molar-refractivity contribution in [2.24, 2.45) is 0 Å². The molecule has 2 aromatic rings. The highest BCUT2D eigenvalue weighted by atomic mass is 35.5. The highest BCUT2D eigenvalue weighted by Gasteiger charge is 2.10. The topological polar surface area (TPSA) is 63.2 Å². The van der Waals surface area contributed by atoms with Crippen LogP contribution in [0.4, 0.5) is 16.3 Å². The number of rotatable bonds is 5. The lowest BCUT2D eigenvalue weighted by Gasteiger charge is -2.13. The second kappa shape index (κ2) is 6.53. The van der Waals surface area contributed by atoms with Crippen molar-refractivity contribution in [3.05, 3.63) is 29.0 Å². The summed E-state index contributed by atoms with van der Waals surface area (Å²) in [6, 6.07) is 4.20. The van der Waals surface area contributed by atoms with Crippen LogP contribution in [0, 0.1) is 5.82 Å². The third-order valence-electron chi connectivity index (χ3n) is 2.44. The number of nitrogens with zero attached hydrogens (tertiary/aromatic N) is 4. The second-order valence-electron chi connectivity index (χ2n) is 4.34. The number of nitrogens with one attached hydrogen (secondary N) is 1. The zero-order valence-corrected chi connectivity index (χ0v) is 12.6. The molecule has 1 heterocycles. The fourth-order valence-corrected chi connectivity index (χ4v) is 1.59. The van der Waals surface area contributed by atoms with Crippen LogP contribution < -0.4 is 15.0 Å². The van der Waals surface area contributed by atoms with Gasteiger partial charge in [-0.25, -0.2) is 4.39 Å². The predicted octanol–water partition coefficient (Wildman–Crippen LogP) is 2.95. The number of anilines is 2. The molecule has 0 saturated heterocycles. The molecule has 1 aromatic carbocycles. The molecule has 21 heavy (non-hydrogen) atoms. The predicted molar refractivity (Wildman–Crippen MR) is 79.8 cm³/mol. The van der Waals surface area contributed by atoms with Gasteiger partial charge in [0.2, 0.25) is 11.9 Å². The van der Waals surface area contributed by atoms with Gasteiger partial charge >= 0.3 is 6.01 Å². The van der Waals surface area contributed by atoms with Gasteiger partial charge in [0.1, 0.15) is 11.6 Å². The number of ether oxygens (including phenoxy) is 1. The summed E-state index contributed by atoms with van der Waals surface area (Å²) in [5.41, 5.74) is 0. The number of hydrogen-bond donors (Lipinski definition) is 1. The van der Waals surface area contributed by atoms with Crippen LogP contribution in [0.2, 0.25) is 5.02 Å². The average Bonchev–Trinajstić information content (AvgIpc) is 2.43. The maximum absolute atomic E-state index is 13.4. The number of benzene rings is 1. The molecule has 0 atom stereocenters. The Kier molecular flexibility index (Phi) is 4.74. The fourth-order valence-electron chi connectivity index (χ4n) is 1.47. The van der Waals surface area contributed by atoms with Gasteiger partial charge < -0.3 is 15.0 Å². The first-order valence-corrected chi connectivity index (χ1v) is 6.67. The highest BCUT2D eigenvalue weighted by molar-refractivity contribution is 6.30. The summed E-state index contributed by atoms with van der Waals surface area (Å²) < 4.78 is 18.9. The van der Waals surface area contributed by atoms with E-state index in [4.69, 9.17) is 16.3 Å². The Hall–Kier alpha value is -2.15. The normalized spacial score (nSPS) is 10.3. The standard InChI is InChI=1S/C13H15ClFN5O/c1-4-16-11-17-12(20(2)3)19-13(18-11)21-8-5-6-9(14)10(15)7-8/h5-7H,4H2,1-3H3,(H,16,17,18,19). The van der Waals surface area contributed by atoms with Crippen molar-refractivity contribution in [3.8, 4) is 11.8 Å². The molecule has 0 saturated carbocycles. The van der Waals surface area contributed by atoms with Crippen LogP contribution in [0.25, 0.3) is 0 Å². The minimum Gasteiger partial charge on any atom is -0.424 e. The maximum Gasteiger partial charge on any atom is 0.328 e. The molecule has 1 aromatic heterocycles. The second-order valence-corrected chi connectivity index (χ2v) is 4.75. The SMILES string of the molecule is CCNc1nc(Oc2ccc(Cl)c(F)c2)nc(N(C)C)n1. The summed E-state index contributed by atoms with van der Waals surface area (Å²) in [5, 5.41) is 3.01. The van der Waals surface area contributed by atoms with Crippen molar-refractivity contribution in [2.75, 3.05) is 30.9 Å². The Labute approximate surface area is 126 Å². The van der Waals surface area contributed by atoms with Crippen molar-refractivity contribution in [3.63, 3.8) is 0 Å². The van der Waals surface area contributed by atoms with Gasteiger partial charge in [-0.2, -0.15) is 15.0 Å². The lowest BCUT2D eigenvalue weighted by Crippen LogP contribution is -2.15. The van der Waals surface area contributed by atoms with Gasteiger partial charge in [0, 0.05) is 26.7 Å². The fraction of sp³-hybridized carbons (Fsp3) is 0.308. The Morgan fingerprint density at radius 3 is 2.67 bits per heavy atom. The Bertz CT molecular complexity index is 638. The lowest BCUT2D eigenvalue weighted by molar-refractivity contribution is 0.436. The summed E-state index contributed by atoms with van der Waals surface area (Å²) >= 11 is 5.63. The molecule has 0 bridgehead atoms. The van der Waals surface area contributed by atoms with E-state index >= 15 is 0 Å². The van der Waals surface area contributed by atoms with Gasteiger partial charge in [-0.3, -0.25) is 0 Å². The summed E-state index contributed by atoms with van der Waals surface area (Å²) in [6.45, 7) is 2.58. The molecule has 0 aliphatic rings. The molecule has 0 fully saturated rings. The van der Waals surface area contributed by atoms with Crippen molar-refractivity contribution in [2.45, 2.75) is 6.92 Å². The van der Waals surface area contributed by atoms with E-state index in [1.807, 2.05) is 6.92 Å². The molecule has 6 nitrogen and oxygen atoms in total. The molecule has 1 N–H and O–H groups in total. The molecule has 0 aliphatic heterocycles. The molecule has 112 valence electrons. The molecule has 0 radical (unpaired) electrons. The van der Waals surface area contributed by atoms with Gasteiger partial charge in [-0.15, -0.1) is 0 Å². The highest BCUT2D eigenvalue weighted by Crippen LogP contribution is 2.24. The van der Waals surface area contributed by atoms with E-state index in [0.717, 1.165) is 0 Å². The third-order valence-corrected chi connectivity index (χ3v) is 2.74.